The van der Waals surface area contributed by atoms with Crippen molar-refractivity contribution in [2.45, 2.75) is 45.0 Å². The topological polar surface area (TPSA) is 130 Å². The van der Waals surface area contributed by atoms with Crippen molar-refractivity contribution in [3.05, 3.63) is 104 Å². The van der Waals surface area contributed by atoms with E-state index in [2.05, 4.69) is 25.9 Å². The number of amides is 1. The number of aromatic nitrogens is 3. The average molecular weight is 706 g/mol. The van der Waals surface area contributed by atoms with E-state index < -0.39 is 11.9 Å². The van der Waals surface area contributed by atoms with E-state index in [1.807, 2.05) is 24.3 Å². The van der Waals surface area contributed by atoms with Gasteiger partial charge in [0, 0.05) is 84.9 Å². The fraction of sp³-hybridized carbons (Fsp3) is 0.278. The third kappa shape index (κ3) is 7.46. The van der Waals surface area contributed by atoms with Gasteiger partial charge in [0.15, 0.2) is 0 Å². The highest BCUT2D eigenvalue weighted by atomic mass is 35.5. The van der Waals surface area contributed by atoms with Crippen LogP contribution in [-0.4, -0.2) is 57.7 Å². The van der Waals surface area contributed by atoms with Crippen molar-refractivity contribution in [1.82, 2.24) is 30.3 Å². The highest BCUT2D eigenvalue weighted by molar-refractivity contribution is 6.39. The molecule has 4 heterocycles. The molecule has 3 aromatic heterocycles. The number of hydrogen-bond acceptors (Lipinski definition) is 8. The van der Waals surface area contributed by atoms with Crippen LogP contribution in [0, 0.1) is 5.82 Å². The zero-order valence-corrected chi connectivity index (χ0v) is 28.4. The lowest BCUT2D eigenvalue weighted by Crippen LogP contribution is -2.35. The Morgan fingerprint density at radius 1 is 1.04 bits per heavy atom. The number of benzene rings is 2. The third-order valence-corrected chi connectivity index (χ3v) is 9.23. The highest BCUT2D eigenvalue weighted by Gasteiger charge is 2.22. The van der Waals surface area contributed by atoms with Gasteiger partial charge in [-0.15, -0.1) is 0 Å². The van der Waals surface area contributed by atoms with E-state index in [0.29, 0.717) is 68.7 Å². The van der Waals surface area contributed by atoms with Crippen LogP contribution >= 0.6 is 23.2 Å². The molecule has 0 aliphatic carbocycles. The summed E-state index contributed by atoms with van der Waals surface area (Å²) in [6.45, 7) is 2.99. The number of carbonyl (C=O) groups is 1. The second-order valence-corrected chi connectivity index (χ2v) is 12.7. The maximum Gasteiger partial charge on any atom is 0.262 e. The first kappa shape index (κ1) is 34.5. The number of pyridine rings is 2. The Balaban J connectivity index is 1.28. The molecule has 0 unspecified atom stereocenters. The molecule has 6 rings (SSSR count). The summed E-state index contributed by atoms with van der Waals surface area (Å²) in [6.07, 6.45) is 3.89. The van der Waals surface area contributed by atoms with Gasteiger partial charge < -0.3 is 25.8 Å². The Kier molecular flexibility index (Phi) is 10.6. The van der Waals surface area contributed by atoms with Gasteiger partial charge in [0.2, 0.25) is 11.8 Å². The van der Waals surface area contributed by atoms with Gasteiger partial charge in [-0.25, -0.2) is 14.4 Å². The van der Waals surface area contributed by atoms with Crippen LogP contribution in [0.15, 0.2) is 71.8 Å². The Labute approximate surface area is 292 Å². The minimum Gasteiger partial charge on any atom is -0.481 e. The molecule has 1 amide bonds. The summed E-state index contributed by atoms with van der Waals surface area (Å²) in [5.74, 6) is -0.351. The van der Waals surface area contributed by atoms with Crippen molar-refractivity contribution in [3.63, 3.8) is 0 Å². The molecule has 254 valence electrons. The fourth-order valence-electron chi connectivity index (χ4n) is 5.91. The number of rotatable bonds is 12. The molecule has 49 heavy (non-hydrogen) atoms. The van der Waals surface area contributed by atoms with E-state index in [-0.39, 0.29) is 42.0 Å². The largest absolute Gasteiger partial charge is 0.481 e. The van der Waals surface area contributed by atoms with Crippen molar-refractivity contribution in [3.8, 4) is 39.4 Å². The molecule has 5 aromatic rings. The van der Waals surface area contributed by atoms with Crippen LogP contribution in [-0.2, 0) is 17.9 Å². The monoisotopic (exact) mass is 704 g/mol. The molecule has 0 spiro atoms. The average Bonchev–Trinajstić information content (AvgIpc) is 3.51. The molecular weight excluding hydrogens is 670 g/mol. The van der Waals surface area contributed by atoms with Crippen LogP contribution < -0.4 is 26.2 Å². The van der Waals surface area contributed by atoms with E-state index >= 15 is 4.39 Å². The number of methoxy groups -OCH3 is 1. The van der Waals surface area contributed by atoms with Crippen molar-refractivity contribution in [2.24, 2.45) is 0 Å². The van der Waals surface area contributed by atoms with Crippen LogP contribution in [0.5, 0.6) is 5.88 Å². The summed E-state index contributed by atoms with van der Waals surface area (Å²) < 4.78 is 22.5. The second kappa shape index (κ2) is 15.0. The zero-order chi connectivity index (χ0) is 34.7. The van der Waals surface area contributed by atoms with Crippen LogP contribution in [0.25, 0.3) is 39.2 Å². The van der Waals surface area contributed by atoms with E-state index in [4.69, 9.17) is 27.9 Å². The van der Waals surface area contributed by atoms with E-state index in [1.54, 1.807) is 37.4 Å². The normalized spacial score (nSPS) is 15.1. The van der Waals surface area contributed by atoms with Gasteiger partial charge in [0.25, 0.3) is 5.56 Å². The van der Waals surface area contributed by atoms with Gasteiger partial charge in [-0.1, -0.05) is 59.6 Å². The highest BCUT2D eigenvalue weighted by Crippen LogP contribution is 2.42. The molecule has 0 saturated carbocycles. The first-order valence-electron chi connectivity index (χ1n) is 15.8. The Hall–Kier alpha value is -4.39. The maximum atomic E-state index is 15.5. The van der Waals surface area contributed by atoms with E-state index in [9.17, 15) is 14.7 Å². The van der Waals surface area contributed by atoms with Gasteiger partial charge in [-0.05, 0) is 31.0 Å². The molecule has 0 radical (unpaired) electrons. The Morgan fingerprint density at radius 3 is 2.45 bits per heavy atom. The number of aliphatic hydroxyl groups is 1. The van der Waals surface area contributed by atoms with Crippen LogP contribution in [0.1, 0.15) is 30.9 Å². The van der Waals surface area contributed by atoms with Gasteiger partial charge in [-0.2, -0.15) is 0 Å². The number of aliphatic hydroxyl groups excluding tert-OH is 1. The molecule has 1 saturated heterocycles. The number of carbonyl (C=O) groups excluding carboxylic acids is 1. The summed E-state index contributed by atoms with van der Waals surface area (Å²) >= 11 is 14.0. The first-order valence-corrected chi connectivity index (χ1v) is 16.6. The smallest absolute Gasteiger partial charge is 0.262 e. The minimum absolute atomic E-state index is 0.00600. The first-order chi connectivity index (χ1) is 23.6. The van der Waals surface area contributed by atoms with Gasteiger partial charge in [0.05, 0.1) is 34.5 Å². The molecule has 1 aliphatic rings. The lowest BCUT2D eigenvalue weighted by atomic mass is 9.97. The van der Waals surface area contributed by atoms with Gasteiger partial charge in [-0.3, -0.25) is 14.0 Å². The number of nitrogens with zero attached hydrogens (tertiary/aromatic N) is 3. The number of fused-ring (bicyclic) bond motifs is 1. The molecule has 13 heteroatoms. The molecular formula is C36H35Cl2FN6O4. The van der Waals surface area contributed by atoms with Crippen molar-refractivity contribution >= 4 is 34.8 Å². The molecule has 0 bridgehead atoms. The minimum atomic E-state index is -0.529. The summed E-state index contributed by atoms with van der Waals surface area (Å²) in [7, 11) is 1.43. The standard InChI is InChI=1S/C36H35Cl2FN6O4/c1-20(46)15-40-16-22-17-42-31-13-21(11-12-45(31)36(22)48)24-5-3-6-25(33(24)37)26-7-4-8-27(34(26)38)30-14-29(39)28(35(44-30)49-2)19-41-18-23-9-10-32(47)43-23/h3-8,11-14,17,20,23,40-41,46H,9-10,15-16,18-19H2,1-2H3,(H,43,47)/t20-,23+/m1/s1. The quantitative estimate of drug-likeness (QED) is 0.136. The Bertz CT molecular complexity index is 2090. The van der Waals surface area contributed by atoms with Gasteiger partial charge >= 0.3 is 0 Å². The van der Waals surface area contributed by atoms with Crippen LogP contribution in [0.4, 0.5) is 4.39 Å². The third-order valence-electron chi connectivity index (χ3n) is 8.41. The van der Waals surface area contributed by atoms with Gasteiger partial charge in [0.1, 0.15) is 11.5 Å². The summed E-state index contributed by atoms with van der Waals surface area (Å²) in [4.78, 5) is 33.6. The maximum absolute atomic E-state index is 15.5. The van der Waals surface area contributed by atoms with Crippen molar-refractivity contribution < 1.29 is 19.0 Å². The summed E-state index contributed by atoms with van der Waals surface area (Å²) in [6, 6.07) is 15.9. The predicted octanol–water partition coefficient (Wildman–Crippen LogP) is 5.38. The lowest BCUT2D eigenvalue weighted by Gasteiger charge is -2.16. The van der Waals surface area contributed by atoms with E-state index in [0.717, 1.165) is 12.0 Å². The zero-order valence-electron chi connectivity index (χ0n) is 26.9. The Morgan fingerprint density at radius 2 is 1.76 bits per heavy atom. The molecule has 2 aromatic carbocycles. The summed E-state index contributed by atoms with van der Waals surface area (Å²) in [5.41, 5.74) is 4.54. The number of ether oxygens (including phenoxy) is 1. The molecule has 1 fully saturated rings. The predicted molar refractivity (Wildman–Crippen MR) is 188 cm³/mol. The molecule has 4 N–H and O–H groups in total. The van der Waals surface area contributed by atoms with Crippen LogP contribution in [0.3, 0.4) is 0 Å². The van der Waals surface area contributed by atoms with Crippen molar-refractivity contribution in [2.75, 3.05) is 20.2 Å². The second-order valence-electron chi connectivity index (χ2n) is 12.0. The molecule has 1 aliphatic heterocycles. The summed E-state index contributed by atoms with van der Waals surface area (Å²) in [5, 5.41) is 19.4. The molecule has 2 atom stereocenters. The number of halogens is 3. The molecule has 10 nitrogen and oxygen atoms in total. The SMILES string of the molecule is COc1nc(-c2cccc(-c3cccc(-c4ccn5c(=O)c(CNC[C@@H](C)O)cnc5c4)c3Cl)c2Cl)cc(F)c1CNC[C@@H]1CCC(=O)N1. The van der Waals surface area contributed by atoms with E-state index in [1.165, 1.54) is 23.8 Å². The number of nitrogens with one attached hydrogen (secondary N) is 3. The van der Waals surface area contributed by atoms with Crippen LogP contribution in [0.2, 0.25) is 10.0 Å². The fourth-order valence-corrected chi connectivity index (χ4v) is 6.57. The number of hydrogen-bond donors (Lipinski definition) is 4. The lowest BCUT2D eigenvalue weighted by molar-refractivity contribution is -0.119. The van der Waals surface area contributed by atoms with Crippen molar-refractivity contribution in [1.29, 1.82) is 0 Å².